The number of halogens is 1. The van der Waals surface area contributed by atoms with Crippen LogP contribution in [0.15, 0.2) is 53.1 Å². The fourth-order valence-electron chi connectivity index (χ4n) is 2.42. The lowest BCUT2D eigenvalue weighted by Gasteiger charge is -2.08. The van der Waals surface area contributed by atoms with E-state index in [0.29, 0.717) is 29.4 Å². The van der Waals surface area contributed by atoms with E-state index >= 15 is 0 Å². The molecule has 0 bridgehead atoms. The highest BCUT2D eigenvalue weighted by Gasteiger charge is 2.20. The fraction of sp³-hybridized carbons (Fsp3) is 0.200. The number of hydrogen-bond donors (Lipinski definition) is 1. The van der Waals surface area contributed by atoms with E-state index in [9.17, 15) is 9.18 Å². The lowest BCUT2D eigenvalue weighted by Crippen LogP contribution is -2.15. The van der Waals surface area contributed by atoms with Gasteiger partial charge in [-0.05, 0) is 62.4 Å². The first-order valence-electron chi connectivity index (χ1n) is 8.44. The second-order valence-electron chi connectivity index (χ2n) is 5.72. The van der Waals surface area contributed by atoms with Gasteiger partial charge in [0.25, 0.3) is 5.91 Å². The van der Waals surface area contributed by atoms with E-state index in [1.54, 1.807) is 31.2 Å². The molecule has 3 rings (SSSR count). The zero-order valence-corrected chi connectivity index (χ0v) is 15.0. The van der Waals surface area contributed by atoms with E-state index in [0.717, 1.165) is 5.75 Å². The van der Waals surface area contributed by atoms with E-state index in [1.165, 1.54) is 24.3 Å². The first-order chi connectivity index (χ1) is 13.1. The highest BCUT2D eigenvalue weighted by atomic mass is 19.1. The molecular formula is C20H19FN2O4. The van der Waals surface area contributed by atoms with Gasteiger partial charge < -0.3 is 19.3 Å². The summed E-state index contributed by atoms with van der Waals surface area (Å²) < 4.78 is 29.1. The summed E-state index contributed by atoms with van der Waals surface area (Å²) in [6, 6.07) is 12.6. The van der Waals surface area contributed by atoms with Gasteiger partial charge in [-0.3, -0.25) is 4.79 Å². The maximum absolute atomic E-state index is 13.0. The second kappa shape index (κ2) is 8.35. The molecule has 0 fully saturated rings. The Hall–Kier alpha value is -3.35. The van der Waals surface area contributed by atoms with Crippen molar-refractivity contribution in [1.82, 2.24) is 5.16 Å². The maximum atomic E-state index is 13.0. The molecule has 0 radical (unpaired) electrons. The van der Waals surface area contributed by atoms with E-state index in [2.05, 4.69) is 10.5 Å². The number of aromatic nitrogens is 1. The molecule has 0 aliphatic carbocycles. The molecule has 140 valence electrons. The standard InChI is InChI=1S/C20H19FN2O4/c1-3-25-16-10-6-15(7-11-16)22-20(24)19-18(13(2)27-23-19)12-26-17-8-4-14(21)5-9-17/h4-11H,3,12H2,1-2H3,(H,22,24). The third kappa shape index (κ3) is 4.63. The molecule has 27 heavy (non-hydrogen) atoms. The van der Waals surface area contributed by atoms with Gasteiger partial charge in [-0.2, -0.15) is 0 Å². The summed E-state index contributed by atoms with van der Waals surface area (Å²) in [5, 5.41) is 6.60. The average molecular weight is 370 g/mol. The Morgan fingerprint density at radius 1 is 1.07 bits per heavy atom. The number of nitrogens with zero attached hydrogens (tertiary/aromatic N) is 1. The highest BCUT2D eigenvalue weighted by molar-refractivity contribution is 6.03. The zero-order chi connectivity index (χ0) is 19.2. The van der Waals surface area contributed by atoms with Crippen LogP contribution in [-0.2, 0) is 6.61 Å². The number of carbonyl (C=O) groups is 1. The van der Waals surface area contributed by atoms with Gasteiger partial charge in [0.1, 0.15) is 29.7 Å². The number of nitrogens with one attached hydrogen (secondary N) is 1. The van der Waals surface area contributed by atoms with E-state index < -0.39 is 5.91 Å². The van der Waals surface area contributed by atoms with E-state index in [1.807, 2.05) is 6.92 Å². The van der Waals surface area contributed by atoms with Crippen molar-refractivity contribution >= 4 is 11.6 Å². The monoisotopic (exact) mass is 370 g/mol. The summed E-state index contributed by atoms with van der Waals surface area (Å²) >= 11 is 0. The molecule has 1 amide bonds. The minimum Gasteiger partial charge on any atom is -0.494 e. The number of amides is 1. The highest BCUT2D eigenvalue weighted by Crippen LogP contribution is 2.20. The molecule has 0 aliphatic rings. The number of ether oxygens (including phenoxy) is 2. The van der Waals surface area contributed by atoms with Crippen molar-refractivity contribution in [3.63, 3.8) is 0 Å². The van der Waals surface area contributed by atoms with Gasteiger partial charge in [-0.25, -0.2) is 4.39 Å². The van der Waals surface area contributed by atoms with Gasteiger partial charge in [0.2, 0.25) is 0 Å². The molecule has 1 aromatic heterocycles. The average Bonchev–Trinajstić information content (AvgIpc) is 3.04. The topological polar surface area (TPSA) is 73.6 Å². The first-order valence-corrected chi connectivity index (χ1v) is 8.44. The number of benzene rings is 2. The van der Waals surface area contributed by atoms with Crippen LogP contribution < -0.4 is 14.8 Å². The minimum atomic E-state index is -0.409. The Balaban J connectivity index is 1.69. The molecule has 0 unspecified atom stereocenters. The number of carbonyl (C=O) groups excluding carboxylic acids is 1. The molecule has 0 atom stereocenters. The Morgan fingerprint density at radius 3 is 2.37 bits per heavy atom. The minimum absolute atomic E-state index is 0.0764. The van der Waals surface area contributed by atoms with Gasteiger partial charge in [0.15, 0.2) is 5.69 Å². The van der Waals surface area contributed by atoms with E-state index in [-0.39, 0.29) is 18.1 Å². The molecule has 0 spiro atoms. The molecule has 6 nitrogen and oxygen atoms in total. The Bertz CT molecular complexity index is 905. The molecule has 0 saturated carbocycles. The van der Waals surface area contributed by atoms with Gasteiger partial charge in [0.05, 0.1) is 12.2 Å². The smallest absolute Gasteiger partial charge is 0.278 e. The van der Waals surface area contributed by atoms with E-state index in [4.69, 9.17) is 14.0 Å². The van der Waals surface area contributed by atoms with Crippen LogP contribution in [0.3, 0.4) is 0 Å². The van der Waals surface area contributed by atoms with Gasteiger partial charge in [0, 0.05) is 5.69 Å². The summed E-state index contributed by atoms with van der Waals surface area (Å²) in [6.07, 6.45) is 0. The van der Waals surface area contributed by atoms with Crippen LogP contribution in [0.25, 0.3) is 0 Å². The second-order valence-corrected chi connectivity index (χ2v) is 5.72. The number of rotatable bonds is 7. The summed E-state index contributed by atoms with van der Waals surface area (Å²) in [5.41, 5.74) is 1.28. The summed E-state index contributed by atoms with van der Waals surface area (Å²) in [5.74, 6) is 0.928. The third-order valence-corrected chi connectivity index (χ3v) is 3.82. The molecule has 2 aromatic carbocycles. The van der Waals surface area contributed by atoms with Crippen molar-refractivity contribution in [3.05, 3.63) is 71.4 Å². The summed E-state index contributed by atoms with van der Waals surface area (Å²) in [7, 11) is 0. The predicted molar refractivity (Wildman–Crippen MR) is 97.5 cm³/mol. The molecule has 7 heteroatoms. The summed E-state index contributed by atoms with van der Waals surface area (Å²) in [6.45, 7) is 4.25. The van der Waals surface area contributed by atoms with Crippen LogP contribution >= 0.6 is 0 Å². The number of anilines is 1. The molecular weight excluding hydrogens is 351 g/mol. The fourth-order valence-corrected chi connectivity index (χ4v) is 2.42. The maximum Gasteiger partial charge on any atom is 0.278 e. The normalized spacial score (nSPS) is 10.5. The van der Waals surface area contributed by atoms with Gasteiger partial charge in [-0.15, -0.1) is 0 Å². The van der Waals surface area contributed by atoms with Crippen LogP contribution in [-0.4, -0.2) is 17.7 Å². The largest absolute Gasteiger partial charge is 0.494 e. The molecule has 0 saturated heterocycles. The van der Waals surface area contributed by atoms with Crippen LogP contribution in [0.4, 0.5) is 10.1 Å². The zero-order valence-electron chi connectivity index (χ0n) is 15.0. The van der Waals surface area contributed by atoms with Gasteiger partial charge in [-0.1, -0.05) is 5.16 Å². The lowest BCUT2D eigenvalue weighted by molar-refractivity contribution is 0.101. The lowest BCUT2D eigenvalue weighted by atomic mass is 10.2. The molecule has 1 heterocycles. The Morgan fingerprint density at radius 2 is 1.70 bits per heavy atom. The third-order valence-electron chi connectivity index (χ3n) is 3.82. The van der Waals surface area contributed by atoms with Crippen molar-refractivity contribution in [2.24, 2.45) is 0 Å². The van der Waals surface area contributed by atoms with Crippen molar-refractivity contribution in [3.8, 4) is 11.5 Å². The van der Waals surface area contributed by atoms with Crippen molar-refractivity contribution in [2.45, 2.75) is 20.5 Å². The number of hydrogen-bond acceptors (Lipinski definition) is 5. The first kappa shape index (κ1) is 18.4. The molecule has 1 N–H and O–H groups in total. The molecule has 0 aliphatic heterocycles. The van der Waals surface area contributed by atoms with Crippen molar-refractivity contribution in [2.75, 3.05) is 11.9 Å². The van der Waals surface area contributed by atoms with Crippen LogP contribution in [0.5, 0.6) is 11.5 Å². The van der Waals surface area contributed by atoms with Crippen LogP contribution in [0, 0.1) is 12.7 Å². The quantitative estimate of drug-likeness (QED) is 0.669. The van der Waals surface area contributed by atoms with Crippen LogP contribution in [0.1, 0.15) is 28.7 Å². The van der Waals surface area contributed by atoms with Crippen molar-refractivity contribution < 1.29 is 23.2 Å². The van der Waals surface area contributed by atoms with Gasteiger partial charge >= 0.3 is 0 Å². The van der Waals surface area contributed by atoms with Crippen molar-refractivity contribution in [1.29, 1.82) is 0 Å². The van der Waals surface area contributed by atoms with Crippen LogP contribution in [0.2, 0.25) is 0 Å². The Labute approximate surface area is 155 Å². The number of aryl methyl sites for hydroxylation is 1. The Kier molecular flexibility index (Phi) is 5.71. The SMILES string of the molecule is CCOc1ccc(NC(=O)c2noc(C)c2COc2ccc(F)cc2)cc1. The predicted octanol–water partition coefficient (Wildman–Crippen LogP) is 4.35. The summed E-state index contributed by atoms with van der Waals surface area (Å²) in [4.78, 5) is 12.5. The molecule has 3 aromatic rings.